The maximum Gasteiger partial charge on any atom is 0.337 e. The lowest BCUT2D eigenvalue weighted by atomic mass is 9.96. The summed E-state index contributed by atoms with van der Waals surface area (Å²) in [5.41, 5.74) is 6.64. The third-order valence-electron chi connectivity index (χ3n) is 3.67. The highest BCUT2D eigenvalue weighted by atomic mass is 19.3. The maximum absolute atomic E-state index is 14.1. The molecule has 0 unspecified atom stereocenters. The fourth-order valence-corrected chi connectivity index (χ4v) is 2.71. The van der Waals surface area contributed by atoms with Gasteiger partial charge in [0, 0.05) is 18.5 Å². The molecule has 1 atom stereocenters. The van der Waals surface area contributed by atoms with Gasteiger partial charge < -0.3 is 15.4 Å². The lowest BCUT2D eigenvalue weighted by molar-refractivity contribution is -0.0249. The number of fused-ring (bicyclic) bond motifs is 3. The van der Waals surface area contributed by atoms with Gasteiger partial charge in [-0.05, 0) is 18.2 Å². The number of hydrogen-bond acceptors (Lipinski definition) is 5. The minimum Gasteiger partial charge on any atom is -0.465 e. The highest BCUT2D eigenvalue weighted by molar-refractivity contribution is 5.91. The van der Waals surface area contributed by atoms with E-state index in [0.717, 1.165) is 0 Å². The quantitative estimate of drug-likeness (QED) is 0.797. The summed E-state index contributed by atoms with van der Waals surface area (Å²) in [7, 11) is 1.24. The highest BCUT2D eigenvalue weighted by Gasteiger charge is 2.52. The van der Waals surface area contributed by atoms with E-state index in [1.54, 1.807) is 0 Å². The Morgan fingerprint density at radius 2 is 2.30 bits per heavy atom. The maximum atomic E-state index is 14.1. The molecular formula is C13H13F2N3O2. The number of carbonyl (C=O) groups excluding carboxylic acids is 1. The molecule has 0 bridgehead atoms. The molecule has 20 heavy (non-hydrogen) atoms. The zero-order valence-corrected chi connectivity index (χ0v) is 10.8. The molecule has 7 heteroatoms. The number of hydrogen-bond donors (Lipinski definition) is 1. The first kappa shape index (κ1) is 12.8. The normalized spacial score (nSPS) is 22.9. The van der Waals surface area contributed by atoms with E-state index in [1.165, 1.54) is 30.2 Å². The van der Waals surface area contributed by atoms with Crippen LogP contribution in [0.15, 0.2) is 23.2 Å². The number of benzene rings is 1. The van der Waals surface area contributed by atoms with Crippen LogP contribution in [-0.4, -0.2) is 36.4 Å². The van der Waals surface area contributed by atoms with Crippen molar-refractivity contribution in [2.45, 2.75) is 18.4 Å². The van der Waals surface area contributed by atoms with Gasteiger partial charge in [0.05, 0.1) is 18.4 Å². The molecule has 0 amide bonds. The van der Waals surface area contributed by atoms with Gasteiger partial charge in [-0.1, -0.05) is 0 Å². The number of methoxy groups -OCH3 is 1. The summed E-state index contributed by atoms with van der Waals surface area (Å²) in [5.74, 6) is -3.38. The van der Waals surface area contributed by atoms with E-state index < -0.39 is 17.9 Å². The van der Waals surface area contributed by atoms with Crippen LogP contribution >= 0.6 is 0 Å². The fourth-order valence-electron chi connectivity index (χ4n) is 2.71. The first-order valence-electron chi connectivity index (χ1n) is 6.15. The molecule has 1 fully saturated rings. The lowest BCUT2D eigenvalue weighted by Gasteiger charge is -2.33. The Morgan fingerprint density at radius 3 is 3.00 bits per heavy atom. The molecule has 3 rings (SSSR count). The summed E-state index contributed by atoms with van der Waals surface area (Å²) in [5, 5.41) is 0. The Balaban J connectivity index is 2.14. The number of ether oxygens (including phenoxy) is 1. The summed E-state index contributed by atoms with van der Waals surface area (Å²) in [6.07, 6.45) is -0.282. The fraction of sp³-hybridized carbons (Fsp3) is 0.385. The molecule has 2 aliphatic heterocycles. The Kier molecular flexibility index (Phi) is 2.67. The van der Waals surface area contributed by atoms with Crippen molar-refractivity contribution in [3.8, 4) is 0 Å². The van der Waals surface area contributed by atoms with Crippen molar-refractivity contribution in [1.82, 2.24) is 4.90 Å². The number of esters is 1. The SMILES string of the molecule is COC(=O)c1ccc2c(c1)[C@H]1N(CCC1(F)F)C(N)=N2. The zero-order chi connectivity index (χ0) is 14.5. The van der Waals surface area contributed by atoms with Gasteiger partial charge in [-0.15, -0.1) is 0 Å². The van der Waals surface area contributed by atoms with Crippen molar-refractivity contribution >= 4 is 17.6 Å². The number of rotatable bonds is 1. The number of nitrogens with zero attached hydrogens (tertiary/aromatic N) is 2. The summed E-state index contributed by atoms with van der Waals surface area (Å²) in [6, 6.07) is 3.25. The van der Waals surface area contributed by atoms with E-state index in [-0.39, 0.29) is 24.5 Å². The minimum absolute atomic E-state index is 0.0884. The van der Waals surface area contributed by atoms with E-state index in [0.29, 0.717) is 11.3 Å². The predicted molar refractivity (Wildman–Crippen MR) is 68.1 cm³/mol. The number of aliphatic imine (C=N–C) groups is 1. The first-order valence-corrected chi connectivity index (χ1v) is 6.15. The summed E-state index contributed by atoms with van der Waals surface area (Å²) in [4.78, 5) is 17.0. The van der Waals surface area contributed by atoms with Crippen LogP contribution < -0.4 is 5.73 Å². The van der Waals surface area contributed by atoms with Crippen LogP contribution in [-0.2, 0) is 4.74 Å². The smallest absolute Gasteiger partial charge is 0.337 e. The van der Waals surface area contributed by atoms with Crippen LogP contribution in [0.2, 0.25) is 0 Å². The van der Waals surface area contributed by atoms with E-state index in [4.69, 9.17) is 5.73 Å². The van der Waals surface area contributed by atoms with Gasteiger partial charge >= 0.3 is 5.97 Å². The number of guanidine groups is 1. The third kappa shape index (κ3) is 1.73. The standard InChI is InChI=1S/C13H13F2N3O2/c1-20-11(19)7-2-3-9-8(6-7)10-13(14,15)4-5-18(10)12(16)17-9/h2-3,6,10H,4-5H2,1H3,(H2,16,17)/t10-/m1/s1. The second kappa shape index (κ2) is 4.16. The van der Waals surface area contributed by atoms with Crippen molar-refractivity contribution in [3.05, 3.63) is 29.3 Å². The molecule has 5 nitrogen and oxygen atoms in total. The van der Waals surface area contributed by atoms with Crippen molar-refractivity contribution < 1.29 is 18.3 Å². The van der Waals surface area contributed by atoms with Crippen molar-refractivity contribution in [2.24, 2.45) is 10.7 Å². The third-order valence-corrected chi connectivity index (χ3v) is 3.67. The monoisotopic (exact) mass is 281 g/mol. The Hall–Kier alpha value is -2.18. The van der Waals surface area contributed by atoms with E-state index >= 15 is 0 Å². The second-order valence-corrected chi connectivity index (χ2v) is 4.84. The van der Waals surface area contributed by atoms with Gasteiger partial charge in [0.1, 0.15) is 6.04 Å². The Morgan fingerprint density at radius 1 is 1.55 bits per heavy atom. The molecule has 2 heterocycles. The molecule has 1 aromatic carbocycles. The average Bonchev–Trinajstić information content (AvgIpc) is 2.75. The molecule has 0 spiro atoms. The summed E-state index contributed by atoms with van der Waals surface area (Å²) < 4.78 is 32.8. The van der Waals surface area contributed by atoms with Gasteiger partial charge in [0.2, 0.25) is 0 Å². The van der Waals surface area contributed by atoms with Gasteiger partial charge in [-0.2, -0.15) is 0 Å². The van der Waals surface area contributed by atoms with Crippen LogP contribution in [0.4, 0.5) is 14.5 Å². The summed E-state index contributed by atoms with van der Waals surface area (Å²) in [6.45, 7) is 0.148. The molecule has 0 saturated carbocycles. The van der Waals surface area contributed by atoms with Gasteiger partial charge in [-0.3, -0.25) is 0 Å². The average molecular weight is 281 g/mol. The number of nitrogens with two attached hydrogens (primary N) is 1. The van der Waals surface area contributed by atoms with Crippen molar-refractivity contribution in [2.75, 3.05) is 13.7 Å². The Bertz CT molecular complexity index is 616. The molecule has 2 N–H and O–H groups in total. The number of alkyl halides is 2. The zero-order valence-electron chi connectivity index (χ0n) is 10.8. The summed E-state index contributed by atoms with van der Waals surface area (Å²) >= 11 is 0. The number of halogens is 2. The highest BCUT2D eigenvalue weighted by Crippen LogP contribution is 2.49. The predicted octanol–water partition coefficient (Wildman–Crippen LogP) is 1.82. The molecule has 2 aliphatic rings. The molecule has 0 aromatic heterocycles. The van der Waals surface area contributed by atoms with E-state index in [2.05, 4.69) is 9.73 Å². The van der Waals surface area contributed by atoms with Gasteiger partial charge in [0.25, 0.3) is 5.92 Å². The van der Waals surface area contributed by atoms with Crippen LogP contribution in [0, 0.1) is 0 Å². The topological polar surface area (TPSA) is 67.9 Å². The largest absolute Gasteiger partial charge is 0.465 e. The molecule has 0 aliphatic carbocycles. The van der Waals surface area contributed by atoms with Crippen molar-refractivity contribution in [1.29, 1.82) is 0 Å². The molecule has 1 aromatic rings. The minimum atomic E-state index is -2.90. The second-order valence-electron chi connectivity index (χ2n) is 4.84. The lowest BCUT2D eigenvalue weighted by Crippen LogP contribution is -2.42. The van der Waals surface area contributed by atoms with Gasteiger partial charge in [0.15, 0.2) is 5.96 Å². The molecule has 106 valence electrons. The van der Waals surface area contributed by atoms with Gasteiger partial charge in [-0.25, -0.2) is 18.6 Å². The molecular weight excluding hydrogens is 268 g/mol. The first-order chi connectivity index (χ1) is 9.44. The molecule has 0 radical (unpaired) electrons. The van der Waals surface area contributed by atoms with E-state index in [9.17, 15) is 13.6 Å². The van der Waals surface area contributed by atoms with Crippen LogP contribution in [0.1, 0.15) is 28.4 Å². The number of carbonyl (C=O) groups is 1. The molecule has 1 saturated heterocycles. The van der Waals surface area contributed by atoms with Crippen molar-refractivity contribution in [3.63, 3.8) is 0 Å². The van der Waals surface area contributed by atoms with Crippen LogP contribution in [0.3, 0.4) is 0 Å². The van der Waals surface area contributed by atoms with E-state index in [1.807, 2.05) is 0 Å². The Labute approximate surface area is 114 Å². The van der Waals surface area contributed by atoms with Crippen LogP contribution in [0.5, 0.6) is 0 Å². The van der Waals surface area contributed by atoms with Crippen LogP contribution in [0.25, 0.3) is 0 Å².